The van der Waals surface area contributed by atoms with Gasteiger partial charge in [0.05, 0.1) is 17.3 Å². The van der Waals surface area contributed by atoms with Crippen LogP contribution in [0.15, 0.2) is 72.0 Å². The highest BCUT2D eigenvalue weighted by atomic mass is 35.5. The van der Waals surface area contributed by atoms with Gasteiger partial charge in [0.25, 0.3) is 0 Å². The van der Waals surface area contributed by atoms with Crippen LogP contribution >= 0.6 is 11.6 Å². The summed E-state index contributed by atoms with van der Waals surface area (Å²) in [6.07, 6.45) is 10.3. The minimum atomic E-state index is 0.0251. The second-order valence-corrected chi connectivity index (χ2v) is 8.74. The second kappa shape index (κ2) is 12.9. The van der Waals surface area contributed by atoms with Crippen LogP contribution in [-0.2, 0) is 9.59 Å². The van der Waals surface area contributed by atoms with Crippen molar-refractivity contribution in [1.82, 2.24) is 19.8 Å². The Morgan fingerprint density at radius 2 is 2.00 bits per heavy atom. The average Bonchev–Trinajstić information content (AvgIpc) is 3.29. The predicted molar refractivity (Wildman–Crippen MR) is 139 cm³/mol. The average molecular weight is 479 g/mol. The van der Waals surface area contributed by atoms with Gasteiger partial charge in [-0.15, -0.1) is 0 Å². The number of amides is 1. The van der Waals surface area contributed by atoms with Gasteiger partial charge in [-0.05, 0) is 76.3 Å². The van der Waals surface area contributed by atoms with Crippen molar-refractivity contribution in [3.05, 3.63) is 77.7 Å². The van der Waals surface area contributed by atoms with Crippen LogP contribution in [0.2, 0.25) is 0 Å². The number of hydrogen-bond acceptors (Lipinski definition) is 4. The number of H-pyrrole nitrogens is 1. The molecule has 1 fully saturated rings. The molecule has 2 aromatic heterocycles. The molecule has 34 heavy (non-hydrogen) atoms. The van der Waals surface area contributed by atoms with Gasteiger partial charge in [0.15, 0.2) is 0 Å². The minimum Gasteiger partial charge on any atom is -0.358 e. The number of aromatic amines is 1. The predicted octanol–water partition coefficient (Wildman–Crippen LogP) is 5.34. The van der Waals surface area contributed by atoms with Crippen LogP contribution in [0, 0.1) is 0 Å². The SMILES string of the molecule is C/C=C\C(Cl)=C/N(C=O)CC=O.CN1CCC(c2cc3cc(-c4ccccn4)ccc3[nH]2)CC1. The summed E-state index contributed by atoms with van der Waals surface area (Å²) in [5, 5.41) is 1.70. The Bertz CT molecular complexity index is 1130. The topological polar surface area (TPSA) is 69.3 Å². The molecule has 0 aliphatic carbocycles. The van der Waals surface area contributed by atoms with Crippen molar-refractivity contribution in [2.75, 3.05) is 26.7 Å². The Kier molecular flexibility index (Phi) is 9.62. The summed E-state index contributed by atoms with van der Waals surface area (Å²) in [6, 6.07) is 15.0. The number of likely N-dealkylation sites (tertiary alicyclic amines) is 1. The number of nitrogens with zero attached hydrogens (tertiary/aromatic N) is 3. The largest absolute Gasteiger partial charge is 0.358 e. The van der Waals surface area contributed by atoms with E-state index in [1.165, 1.54) is 54.3 Å². The number of aldehydes is 1. The van der Waals surface area contributed by atoms with E-state index in [-0.39, 0.29) is 6.54 Å². The number of hydrogen-bond donors (Lipinski definition) is 1. The number of allylic oxidation sites excluding steroid dienone is 3. The molecule has 3 heterocycles. The Balaban J connectivity index is 0.000000232. The van der Waals surface area contributed by atoms with E-state index in [4.69, 9.17) is 11.6 Å². The number of benzene rings is 1. The summed E-state index contributed by atoms with van der Waals surface area (Å²) in [5.74, 6) is 0.668. The van der Waals surface area contributed by atoms with Crippen LogP contribution in [0.25, 0.3) is 22.2 Å². The molecule has 7 heteroatoms. The van der Waals surface area contributed by atoms with Crippen LogP contribution in [0.1, 0.15) is 31.4 Å². The van der Waals surface area contributed by atoms with E-state index in [0.717, 1.165) is 10.6 Å². The summed E-state index contributed by atoms with van der Waals surface area (Å²) in [4.78, 5) is 31.9. The van der Waals surface area contributed by atoms with Gasteiger partial charge in [0.1, 0.15) is 6.29 Å². The number of pyridine rings is 1. The monoisotopic (exact) mass is 478 g/mol. The first-order valence-electron chi connectivity index (χ1n) is 11.4. The van der Waals surface area contributed by atoms with Gasteiger partial charge in [0.2, 0.25) is 6.41 Å². The molecule has 0 bridgehead atoms. The molecule has 0 saturated carbocycles. The van der Waals surface area contributed by atoms with Crippen molar-refractivity contribution >= 4 is 35.2 Å². The zero-order valence-corrected chi connectivity index (χ0v) is 20.4. The van der Waals surface area contributed by atoms with Gasteiger partial charge in [-0.2, -0.15) is 0 Å². The third kappa shape index (κ3) is 7.14. The summed E-state index contributed by atoms with van der Waals surface area (Å²) in [7, 11) is 2.21. The number of nitrogens with one attached hydrogen (secondary N) is 1. The van der Waals surface area contributed by atoms with E-state index in [2.05, 4.69) is 52.2 Å². The molecule has 0 radical (unpaired) electrons. The van der Waals surface area contributed by atoms with E-state index < -0.39 is 0 Å². The van der Waals surface area contributed by atoms with Crippen LogP contribution in [-0.4, -0.2) is 59.1 Å². The Morgan fingerprint density at radius 1 is 1.21 bits per heavy atom. The standard InChI is InChI=1S/C19H21N3.C8H10ClNO2/c1-22-10-7-14(8-11-22)19-13-16-12-15(5-6-18(16)21-19)17-4-2-3-9-20-17;1-2-3-8(9)6-10(7-12)4-5-11/h2-6,9,12-14,21H,7-8,10-11H2,1H3;2-3,5-7H,4H2,1H3/b;3-2-,8-6+. The molecule has 0 unspecified atom stereocenters. The molecule has 178 valence electrons. The van der Waals surface area contributed by atoms with Crippen molar-refractivity contribution in [2.45, 2.75) is 25.7 Å². The van der Waals surface area contributed by atoms with Gasteiger partial charge >= 0.3 is 0 Å². The van der Waals surface area contributed by atoms with Crippen LogP contribution in [0.5, 0.6) is 0 Å². The molecule has 4 rings (SSSR count). The Hall–Kier alpha value is -3.22. The highest BCUT2D eigenvalue weighted by molar-refractivity contribution is 6.31. The molecule has 1 N–H and O–H groups in total. The van der Waals surface area contributed by atoms with E-state index in [0.29, 0.717) is 23.6 Å². The van der Waals surface area contributed by atoms with Crippen LogP contribution in [0.3, 0.4) is 0 Å². The quantitative estimate of drug-likeness (QED) is 0.367. The molecule has 1 aliphatic rings. The fourth-order valence-corrected chi connectivity index (χ4v) is 4.21. The molecule has 6 nitrogen and oxygen atoms in total. The van der Waals surface area contributed by atoms with Crippen molar-refractivity contribution in [2.24, 2.45) is 0 Å². The van der Waals surface area contributed by atoms with Gasteiger partial charge < -0.3 is 19.6 Å². The maximum absolute atomic E-state index is 10.3. The lowest BCUT2D eigenvalue weighted by molar-refractivity contribution is -0.119. The number of carbonyl (C=O) groups is 2. The highest BCUT2D eigenvalue weighted by Crippen LogP contribution is 2.31. The lowest BCUT2D eigenvalue weighted by Crippen LogP contribution is -2.29. The Morgan fingerprint density at radius 3 is 2.65 bits per heavy atom. The first-order chi connectivity index (χ1) is 16.5. The summed E-state index contributed by atoms with van der Waals surface area (Å²) >= 11 is 5.65. The van der Waals surface area contributed by atoms with Crippen molar-refractivity contribution in [3.63, 3.8) is 0 Å². The molecule has 1 amide bonds. The summed E-state index contributed by atoms with van der Waals surface area (Å²) in [6.45, 7) is 4.22. The van der Waals surface area contributed by atoms with Crippen LogP contribution < -0.4 is 0 Å². The Labute approximate surface area is 205 Å². The molecular weight excluding hydrogens is 448 g/mol. The number of piperidine rings is 1. The summed E-state index contributed by atoms with van der Waals surface area (Å²) in [5.41, 5.74) is 4.84. The maximum Gasteiger partial charge on any atom is 0.214 e. The van der Waals surface area contributed by atoms with Gasteiger partial charge in [-0.3, -0.25) is 9.78 Å². The molecular formula is C27H31ClN4O2. The number of aromatic nitrogens is 2. The smallest absolute Gasteiger partial charge is 0.214 e. The van der Waals surface area contributed by atoms with Gasteiger partial charge in [-0.1, -0.05) is 29.8 Å². The molecule has 1 aliphatic heterocycles. The first-order valence-corrected chi connectivity index (χ1v) is 11.8. The number of halogens is 1. The second-order valence-electron chi connectivity index (χ2n) is 8.30. The fourth-order valence-electron chi connectivity index (χ4n) is 3.96. The molecule has 1 saturated heterocycles. The number of rotatable bonds is 7. The minimum absolute atomic E-state index is 0.0251. The van der Waals surface area contributed by atoms with Crippen molar-refractivity contribution in [3.8, 4) is 11.3 Å². The van der Waals surface area contributed by atoms with Crippen molar-refractivity contribution < 1.29 is 9.59 Å². The van der Waals surface area contributed by atoms with Crippen LogP contribution in [0.4, 0.5) is 0 Å². The number of fused-ring (bicyclic) bond motifs is 1. The fraction of sp³-hybridized carbons (Fsp3) is 0.296. The van der Waals surface area contributed by atoms with Gasteiger partial charge in [0, 0.05) is 40.5 Å². The molecule has 0 spiro atoms. The summed E-state index contributed by atoms with van der Waals surface area (Å²) < 4.78 is 0. The lowest BCUT2D eigenvalue weighted by atomic mass is 9.94. The zero-order valence-electron chi connectivity index (χ0n) is 19.7. The highest BCUT2D eigenvalue weighted by Gasteiger charge is 2.20. The van der Waals surface area contributed by atoms with E-state index in [1.54, 1.807) is 19.1 Å². The van der Waals surface area contributed by atoms with E-state index >= 15 is 0 Å². The lowest BCUT2D eigenvalue weighted by Gasteiger charge is -2.28. The normalized spacial score (nSPS) is 15.2. The molecule has 3 aromatic rings. The zero-order chi connectivity index (χ0) is 24.3. The van der Waals surface area contributed by atoms with E-state index in [9.17, 15) is 9.59 Å². The third-order valence-electron chi connectivity index (χ3n) is 5.80. The molecule has 1 aromatic carbocycles. The maximum atomic E-state index is 10.3. The third-order valence-corrected chi connectivity index (χ3v) is 6.02. The number of carbonyl (C=O) groups excluding carboxylic acids is 2. The molecule has 0 atom stereocenters. The van der Waals surface area contributed by atoms with Gasteiger partial charge in [-0.25, -0.2) is 0 Å². The van der Waals surface area contributed by atoms with E-state index in [1.807, 2.05) is 18.3 Å². The van der Waals surface area contributed by atoms with Crippen molar-refractivity contribution in [1.29, 1.82) is 0 Å². The first kappa shape index (κ1) is 25.4.